The molecule has 1 aliphatic rings. The smallest absolute Gasteiger partial charge is 0.320 e. The summed E-state index contributed by atoms with van der Waals surface area (Å²) in [7, 11) is 3.17. The van der Waals surface area contributed by atoms with Crippen LogP contribution in [0.5, 0.6) is 11.5 Å². The molecule has 1 heterocycles. The van der Waals surface area contributed by atoms with E-state index in [1.807, 2.05) is 12.1 Å². The van der Waals surface area contributed by atoms with Gasteiger partial charge in [-0.3, -0.25) is 5.32 Å². The van der Waals surface area contributed by atoms with Crippen LogP contribution in [-0.4, -0.2) is 20.3 Å². The molecule has 136 valence electrons. The zero-order valence-electron chi connectivity index (χ0n) is 14.8. The Hall–Kier alpha value is -2.72. The highest BCUT2D eigenvalue weighted by Gasteiger charge is 2.21. The number of urea groups is 1. The molecule has 6 nitrogen and oxygen atoms in total. The van der Waals surface area contributed by atoms with Crippen LogP contribution in [0, 0.1) is 11.3 Å². The molecular weight excluding hydrogens is 350 g/mol. The van der Waals surface area contributed by atoms with Gasteiger partial charge in [-0.2, -0.15) is 5.26 Å². The number of thiophene rings is 1. The predicted octanol–water partition coefficient (Wildman–Crippen LogP) is 3.84. The number of anilines is 1. The molecule has 1 aliphatic carbocycles. The van der Waals surface area contributed by atoms with Gasteiger partial charge in [-0.15, -0.1) is 11.3 Å². The van der Waals surface area contributed by atoms with Crippen LogP contribution >= 0.6 is 11.3 Å². The summed E-state index contributed by atoms with van der Waals surface area (Å²) in [5.74, 6) is 1.34. The lowest BCUT2D eigenvalue weighted by Crippen LogP contribution is -2.28. The van der Waals surface area contributed by atoms with Gasteiger partial charge in [0.05, 0.1) is 19.8 Å². The number of nitriles is 1. The van der Waals surface area contributed by atoms with Crippen LogP contribution in [0.25, 0.3) is 0 Å². The first-order valence-electron chi connectivity index (χ1n) is 8.46. The number of carbonyl (C=O) groups excluding carboxylic acids is 1. The molecule has 0 unspecified atom stereocenters. The summed E-state index contributed by atoms with van der Waals surface area (Å²) in [6.07, 6.45) is 4.14. The van der Waals surface area contributed by atoms with Crippen LogP contribution in [0.4, 0.5) is 9.80 Å². The Balaban J connectivity index is 1.67. The Labute approximate surface area is 156 Å². The lowest BCUT2D eigenvalue weighted by atomic mass is 9.96. The van der Waals surface area contributed by atoms with Gasteiger partial charge >= 0.3 is 6.03 Å². The number of fused-ring (bicyclic) bond motifs is 1. The van der Waals surface area contributed by atoms with E-state index in [0.29, 0.717) is 28.6 Å². The Morgan fingerprint density at radius 2 is 2.08 bits per heavy atom. The topological polar surface area (TPSA) is 83.4 Å². The van der Waals surface area contributed by atoms with E-state index in [2.05, 4.69) is 16.7 Å². The molecule has 3 rings (SSSR count). The monoisotopic (exact) mass is 371 g/mol. The van der Waals surface area contributed by atoms with Crippen molar-refractivity contribution in [1.82, 2.24) is 5.32 Å². The summed E-state index contributed by atoms with van der Waals surface area (Å²) in [5.41, 5.74) is 2.56. The summed E-state index contributed by atoms with van der Waals surface area (Å²) in [4.78, 5) is 13.5. The number of rotatable bonds is 5. The number of nitrogens with one attached hydrogen (secondary N) is 2. The fourth-order valence-electron chi connectivity index (χ4n) is 3.09. The van der Waals surface area contributed by atoms with E-state index in [9.17, 15) is 10.1 Å². The lowest BCUT2D eigenvalue weighted by molar-refractivity contribution is 0.251. The molecule has 2 N–H and O–H groups in total. The lowest BCUT2D eigenvalue weighted by Gasteiger charge is -2.11. The van der Waals surface area contributed by atoms with Crippen molar-refractivity contribution in [3.05, 3.63) is 39.8 Å². The third-order valence-corrected chi connectivity index (χ3v) is 5.65. The van der Waals surface area contributed by atoms with E-state index in [1.54, 1.807) is 20.3 Å². The molecule has 0 saturated heterocycles. The van der Waals surface area contributed by atoms with Crippen molar-refractivity contribution in [3.8, 4) is 17.6 Å². The fourth-order valence-corrected chi connectivity index (χ4v) is 4.33. The third-order valence-electron chi connectivity index (χ3n) is 4.44. The first-order valence-corrected chi connectivity index (χ1v) is 9.28. The SMILES string of the molecule is COc1ccc(CNC(=O)Nc2sc3c(c2C#N)CCCC3)c(OC)c1. The maximum absolute atomic E-state index is 12.3. The van der Waals surface area contributed by atoms with Gasteiger partial charge in [0.15, 0.2) is 0 Å². The second-order valence-corrected chi connectivity index (χ2v) is 7.12. The number of benzene rings is 1. The largest absolute Gasteiger partial charge is 0.497 e. The summed E-state index contributed by atoms with van der Waals surface area (Å²) >= 11 is 1.51. The zero-order valence-corrected chi connectivity index (χ0v) is 15.7. The average molecular weight is 371 g/mol. The zero-order chi connectivity index (χ0) is 18.5. The third kappa shape index (κ3) is 3.75. The van der Waals surface area contributed by atoms with Crippen LogP contribution in [0.1, 0.15) is 34.4 Å². The molecule has 26 heavy (non-hydrogen) atoms. The average Bonchev–Trinajstić information content (AvgIpc) is 3.02. The van der Waals surface area contributed by atoms with Crippen LogP contribution in [0.3, 0.4) is 0 Å². The summed E-state index contributed by atoms with van der Waals surface area (Å²) < 4.78 is 10.5. The Morgan fingerprint density at radius 3 is 2.81 bits per heavy atom. The quantitative estimate of drug-likeness (QED) is 0.836. The minimum Gasteiger partial charge on any atom is -0.497 e. The van der Waals surface area contributed by atoms with E-state index < -0.39 is 0 Å². The van der Waals surface area contributed by atoms with E-state index in [-0.39, 0.29) is 6.03 Å². The molecule has 2 aromatic rings. The number of carbonyl (C=O) groups is 1. The Morgan fingerprint density at radius 1 is 1.27 bits per heavy atom. The second-order valence-electron chi connectivity index (χ2n) is 6.01. The number of amides is 2. The first-order chi connectivity index (χ1) is 12.7. The van der Waals surface area contributed by atoms with Crippen LogP contribution < -0.4 is 20.1 Å². The number of ether oxygens (including phenoxy) is 2. The van der Waals surface area contributed by atoms with Gasteiger partial charge in [0.2, 0.25) is 0 Å². The minimum absolute atomic E-state index is 0.311. The van der Waals surface area contributed by atoms with E-state index in [0.717, 1.165) is 36.8 Å². The van der Waals surface area contributed by atoms with Gasteiger partial charge in [0.1, 0.15) is 22.6 Å². The standard InChI is InChI=1S/C19H21N3O3S/c1-24-13-8-7-12(16(9-13)25-2)11-21-19(23)22-18-15(10-20)14-5-3-4-6-17(14)26-18/h7-9H,3-6,11H2,1-2H3,(H2,21,22,23). The molecule has 0 fully saturated rings. The van der Waals surface area contributed by atoms with Crippen molar-refractivity contribution < 1.29 is 14.3 Å². The van der Waals surface area contributed by atoms with Crippen molar-refractivity contribution in [1.29, 1.82) is 5.26 Å². The summed E-state index contributed by atoms with van der Waals surface area (Å²) in [6, 6.07) is 7.35. The molecule has 0 bridgehead atoms. The maximum atomic E-state index is 12.3. The first kappa shape index (κ1) is 18.1. The number of aryl methyl sites for hydroxylation is 1. The number of methoxy groups -OCH3 is 2. The molecule has 0 radical (unpaired) electrons. The molecule has 0 spiro atoms. The molecule has 0 aliphatic heterocycles. The van der Waals surface area contributed by atoms with Gasteiger partial charge in [0.25, 0.3) is 0 Å². The second kappa shape index (κ2) is 8.11. The van der Waals surface area contributed by atoms with Crippen molar-refractivity contribution >= 4 is 22.4 Å². The normalized spacial score (nSPS) is 12.7. The highest BCUT2D eigenvalue weighted by atomic mass is 32.1. The molecule has 1 aromatic heterocycles. The highest BCUT2D eigenvalue weighted by Crippen LogP contribution is 2.37. The van der Waals surface area contributed by atoms with E-state index >= 15 is 0 Å². The molecular formula is C19H21N3O3S. The molecule has 0 saturated carbocycles. The van der Waals surface area contributed by atoms with Gasteiger partial charge < -0.3 is 14.8 Å². The highest BCUT2D eigenvalue weighted by molar-refractivity contribution is 7.16. The van der Waals surface area contributed by atoms with Crippen LogP contribution in [-0.2, 0) is 19.4 Å². The van der Waals surface area contributed by atoms with Crippen molar-refractivity contribution in [2.75, 3.05) is 19.5 Å². The van der Waals surface area contributed by atoms with Crippen molar-refractivity contribution in [2.24, 2.45) is 0 Å². The van der Waals surface area contributed by atoms with E-state index in [1.165, 1.54) is 16.2 Å². The predicted molar refractivity (Wildman–Crippen MR) is 101 cm³/mol. The minimum atomic E-state index is -0.335. The Kier molecular flexibility index (Phi) is 5.64. The van der Waals surface area contributed by atoms with Gasteiger partial charge in [0, 0.05) is 23.1 Å². The van der Waals surface area contributed by atoms with Crippen LogP contribution in [0.15, 0.2) is 18.2 Å². The van der Waals surface area contributed by atoms with Crippen molar-refractivity contribution in [2.45, 2.75) is 32.2 Å². The maximum Gasteiger partial charge on any atom is 0.320 e. The summed E-state index contributed by atoms with van der Waals surface area (Å²) in [6.45, 7) is 0.311. The van der Waals surface area contributed by atoms with Gasteiger partial charge in [-0.1, -0.05) is 0 Å². The fraction of sp³-hybridized carbons (Fsp3) is 0.368. The van der Waals surface area contributed by atoms with Gasteiger partial charge in [-0.25, -0.2) is 4.79 Å². The molecule has 7 heteroatoms. The van der Waals surface area contributed by atoms with Crippen molar-refractivity contribution in [3.63, 3.8) is 0 Å². The number of hydrogen-bond acceptors (Lipinski definition) is 5. The Bertz CT molecular complexity index is 854. The van der Waals surface area contributed by atoms with Gasteiger partial charge in [-0.05, 0) is 43.4 Å². The molecule has 0 atom stereocenters. The number of hydrogen-bond donors (Lipinski definition) is 2. The number of nitrogens with zero attached hydrogens (tertiary/aromatic N) is 1. The molecule has 2 amide bonds. The van der Waals surface area contributed by atoms with Crippen LogP contribution in [0.2, 0.25) is 0 Å². The molecule has 1 aromatic carbocycles. The summed E-state index contributed by atoms with van der Waals surface area (Å²) in [5, 5.41) is 15.7. The van der Waals surface area contributed by atoms with E-state index in [4.69, 9.17) is 9.47 Å².